The molecule has 0 aliphatic carbocycles. The van der Waals surface area contributed by atoms with Gasteiger partial charge in [0.15, 0.2) is 0 Å². The molecule has 3 rings (SSSR count). The quantitative estimate of drug-likeness (QED) is 0.729. The topological polar surface area (TPSA) is 70.2 Å². The Hall–Kier alpha value is -2.74. The van der Waals surface area contributed by atoms with Gasteiger partial charge in [-0.15, -0.1) is 0 Å². The first-order chi connectivity index (χ1) is 11.7. The van der Waals surface area contributed by atoms with Gasteiger partial charge in [0.25, 0.3) is 0 Å². The molecule has 25 heavy (non-hydrogen) atoms. The Morgan fingerprint density at radius 3 is 2.56 bits per heavy atom. The van der Waals surface area contributed by atoms with Gasteiger partial charge in [-0.1, -0.05) is 17.7 Å². The van der Waals surface area contributed by atoms with E-state index in [2.05, 4.69) is 16.0 Å². The third-order valence-corrected chi connectivity index (χ3v) is 3.85. The molecule has 0 spiro atoms. The number of rotatable bonds is 2. The molecule has 9 heteroatoms. The van der Waals surface area contributed by atoms with Crippen LogP contribution in [0, 0.1) is 0 Å². The first kappa shape index (κ1) is 17.1. The molecule has 0 saturated carbocycles. The van der Waals surface area contributed by atoms with Crippen molar-refractivity contribution in [3.05, 3.63) is 52.5 Å². The lowest BCUT2D eigenvalue weighted by Gasteiger charge is -2.12. The standard InChI is InChI=1S/C16H11ClF3N3O2/c17-11-6-9(16(18,19)20)2-4-12(11)23-15(25)21-10-3-1-8-5-14(24)22-13(8)7-10/h1-4,6-7H,5H2,(H,22,24)(H2,21,23,25). The van der Waals surface area contributed by atoms with E-state index in [4.69, 9.17) is 11.6 Å². The summed E-state index contributed by atoms with van der Waals surface area (Å²) in [5.41, 5.74) is 0.984. The van der Waals surface area contributed by atoms with Gasteiger partial charge in [0.1, 0.15) is 0 Å². The van der Waals surface area contributed by atoms with Crippen LogP contribution in [0.3, 0.4) is 0 Å². The molecule has 3 amide bonds. The molecular weight excluding hydrogens is 359 g/mol. The van der Waals surface area contributed by atoms with E-state index in [0.29, 0.717) is 11.4 Å². The SMILES string of the molecule is O=C1Cc2ccc(NC(=O)Nc3ccc(C(F)(F)F)cc3Cl)cc2N1. The summed E-state index contributed by atoms with van der Waals surface area (Å²) in [5, 5.41) is 7.32. The Morgan fingerprint density at radius 2 is 1.88 bits per heavy atom. The fourth-order valence-electron chi connectivity index (χ4n) is 2.37. The molecule has 0 saturated heterocycles. The van der Waals surface area contributed by atoms with E-state index < -0.39 is 17.8 Å². The Balaban J connectivity index is 1.69. The maximum absolute atomic E-state index is 12.6. The van der Waals surface area contributed by atoms with E-state index in [1.807, 2.05) is 0 Å². The summed E-state index contributed by atoms with van der Waals surface area (Å²) < 4.78 is 37.8. The van der Waals surface area contributed by atoms with E-state index >= 15 is 0 Å². The van der Waals surface area contributed by atoms with Crippen molar-refractivity contribution >= 4 is 40.6 Å². The smallest absolute Gasteiger partial charge is 0.325 e. The summed E-state index contributed by atoms with van der Waals surface area (Å²) in [6.45, 7) is 0. The van der Waals surface area contributed by atoms with Crippen molar-refractivity contribution in [2.75, 3.05) is 16.0 Å². The molecule has 0 bridgehead atoms. The van der Waals surface area contributed by atoms with Gasteiger partial charge < -0.3 is 16.0 Å². The average Bonchev–Trinajstić information content (AvgIpc) is 2.87. The highest BCUT2D eigenvalue weighted by Crippen LogP contribution is 2.34. The lowest BCUT2D eigenvalue weighted by molar-refractivity contribution is -0.137. The van der Waals surface area contributed by atoms with Crippen LogP contribution in [-0.4, -0.2) is 11.9 Å². The molecule has 0 aromatic heterocycles. The van der Waals surface area contributed by atoms with Gasteiger partial charge in [0.05, 0.1) is 22.7 Å². The third kappa shape index (κ3) is 3.85. The molecule has 0 unspecified atom stereocenters. The summed E-state index contributed by atoms with van der Waals surface area (Å²) in [7, 11) is 0. The largest absolute Gasteiger partial charge is 0.416 e. The third-order valence-electron chi connectivity index (χ3n) is 3.54. The molecule has 0 fully saturated rings. The molecule has 2 aromatic carbocycles. The number of anilines is 3. The number of hydrogen-bond donors (Lipinski definition) is 3. The molecule has 3 N–H and O–H groups in total. The van der Waals surface area contributed by atoms with Crippen molar-refractivity contribution in [2.45, 2.75) is 12.6 Å². The van der Waals surface area contributed by atoms with Crippen molar-refractivity contribution in [3.63, 3.8) is 0 Å². The Labute approximate surface area is 145 Å². The lowest BCUT2D eigenvalue weighted by atomic mass is 10.1. The molecular formula is C16H11ClF3N3O2. The van der Waals surface area contributed by atoms with Crippen LogP contribution < -0.4 is 16.0 Å². The van der Waals surface area contributed by atoms with Gasteiger partial charge in [0, 0.05) is 11.4 Å². The van der Waals surface area contributed by atoms with Crippen molar-refractivity contribution in [1.82, 2.24) is 0 Å². The number of urea groups is 1. The van der Waals surface area contributed by atoms with Crippen LogP contribution in [0.1, 0.15) is 11.1 Å². The number of carbonyl (C=O) groups excluding carboxylic acids is 2. The lowest BCUT2D eigenvalue weighted by Crippen LogP contribution is -2.20. The molecule has 1 aliphatic heterocycles. The van der Waals surface area contributed by atoms with Crippen molar-refractivity contribution in [2.24, 2.45) is 0 Å². The summed E-state index contributed by atoms with van der Waals surface area (Å²) in [5.74, 6) is -0.131. The minimum atomic E-state index is -4.51. The monoisotopic (exact) mass is 369 g/mol. The Kier molecular flexibility index (Phi) is 4.30. The van der Waals surface area contributed by atoms with Crippen LogP contribution in [0.2, 0.25) is 5.02 Å². The number of carbonyl (C=O) groups is 2. The summed E-state index contributed by atoms with van der Waals surface area (Å²) in [6, 6.07) is 6.88. The average molecular weight is 370 g/mol. The fraction of sp³-hybridized carbons (Fsp3) is 0.125. The predicted molar refractivity (Wildman–Crippen MR) is 87.9 cm³/mol. The van der Waals surface area contributed by atoms with Crippen LogP contribution in [0.5, 0.6) is 0 Å². The van der Waals surface area contributed by atoms with Crippen LogP contribution in [0.4, 0.5) is 35.0 Å². The number of alkyl halides is 3. The normalized spacial score (nSPS) is 13.2. The van der Waals surface area contributed by atoms with Gasteiger partial charge in [-0.3, -0.25) is 4.79 Å². The number of benzene rings is 2. The Bertz CT molecular complexity index is 868. The molecule has 1 aliphatic rings. The summed E-state index contributed by atoms with van der Waals surface area (Å²) >= 11 is 5.79. The highest BCUT2D eigenvalue weighted by molar-refractivity contribution is 6.33. The van der Waals surface area contributed by atoms with Crippen molar-refractivity contribution in [3.8, 4) is 0 Å². The minimum Gasteiger partial charge on any atom is -0.325 e. The van der Waals surface area contributed by atoms with Crippen LogP contribution in [0.25, 0.3) is 0 Å². The van der Waals surface area contributed by atoms with Gasteiger partial charge in [-0.05, 0) is 35.9 Å². The fourth-order valence-corrected chi connectivity index (χ4v) is 2.60. The molecule has 0 atom stereocenters. The van der Waals surface area contributed by atoms with E-state index in [1.165, 1.54) is 0 Å². The number of nitrogens with one attached hydrogen (secondary N) is 3. The molecule has 2 aromatic rings. The zero-order chi connectivity index (χ0) is 18.2. The second kappa shape index (κ2) is 6.29. The maximum atomic E-state index is 12.6. The number of fused-ring (bicyclic) bond motifs is 1. The van der Waals surface area contributed by atoms with E-state index in [9.17, 15) is 22.8 Å². The molecule has 5 nitrogen and oxygen atoms in total. The van der Waals surface area contributed by atoms with Crippen molar-refractivity contribution < 1.29 is 22.8 Å². The van der Waals surface area contributed by atoms with E-state index in [0.717, 1.165) is 23.8 Å². The van der Waals surface area contributed by atoms with E-state index in [-0.39, 0.29) is 23.0 Å². The highest BCUT2D eigenvalue weighted by atomic mass is 35.5. The predicted octanol–water partition coefficient (Wildman–Crippen LogP) is 4.50. The zero-order valence-electron chi connectivity index (χ0n) is 12.5. The highest BCUT2D eigenvalue weighted by Gasteiger charge is 2.31. The van der Waals surface area contributed by atoms with E-state index in [1.54, 1.807) is 18.2 Å². The first-order valence-corrected chi connectivity index (χ1v) is 7.48. The molecule has 1 heterocycles. The zero-order valence-corrected chi connectivity index (χ0v) is 13.3. The Morgan fingerprint density at radius 1 is 1.12 bits per heavy atom. The van der Waals surface area contributed by atoms with Gasteiger partial charge in [-0.25, -0.2) is 4.79 Å². The van der Waals surface area contributed by atoms with Gasteiger partial charge in [0.2, 0.25) is 5.91 Å². The van der Waals surface area contributed by atoms with Gasteiger partial charge in [-0.2, -0.15) is 13.2 Å². The second-order valence-electron chi connectivity index (χ2n) is 5.37. The van der Waals surface area contributed by atoms with Crippen LogP contribution in [0.15, 0.2) is 36.4 Å². The second-order valence-corrected chi connectivity index (χ2v) is 5.78. The molecule has 130 valence electrons. The first-order valence-electron chi connectivity index (χ1n) is 7.10. The maximum Gasteiger partial charge on any atom is 0.416 e. The number of hydrogen-bond acceptors (Lipinski definition) is 2. The number of amides is 3. The van der Waals surface area contributed by atoms with Crippen LogP contribution in [-0.2, 0) is 17.4 Å². The van der Waals surface area contributed by atoms with Gasteiger partial charge >= 0.3 is 12.2 Å². The summed E-state index contributed by atoms with van der Waals surface area (Å²) in [4.78, 5) is 23.3. The molecule has 0 radical (unpaired) electrons. The number of halogens is 4. The minimum absolute atomic E-state index is 0.0432. The summed E-state index contributed by atoms with van der Waals surface area (Å²) in [6.07, 6.45) is -4.23. The van der Waals surface area contributed by atoms with Crippen LogP contribution >= 0.6 is 11.6 Å². The van der Waals surface area contributed by atoms with Crippen molar-refractivity contribution in [1.29, 1.82) is 0 Å².